The van der Waals surface area contributed by atoms with E-state index in [0.717, 1.165) is 30.5 Å². The number of benzene rings is 2. The minimum Gasteiger partial charge on any atom is -0.353 e. The van der Waals surface area contributed by atoms with Crippen LogP contribution >= 0.6 is 0 Å². The third-order valence-corrected chi connectivity index (χ3v) is 8.33. The lowest BCUT2D eigenvalue weighted by atomic mass is 10.0. The number of piperidine rings is 2. The first-order valence-corrected chi connectivity index (χ1v) is 13.4. The molecule has 2 aliphatic rings. The van der Waals surface area contributed by atoms with Gasteiger partial charge in [-0.2, -0.15) is 4.31 Å². The number of carbonyl (C=O) groups excluding carboxylic acids is 2. The largest absolute Gasteiger partial charge is 0.353 e. The molecule has 0 atom stereocenters. The zero-order valence-corrected chi connectivity index (χ0v) is 20.1. The summed E-state index contributed by atoms with van der Waals surface area (Å²) in [4.78, 5) is 27.0. The summed E-state index contributed by atoms with van der Waals surface area (Å²) in [5.74, 6) is -0.0983. The number of rotatable bonds is 6. The van der Waals surface area contributed by atoms with Crippen molar-refractivity contribution in [3.05, 3.63) is 60.2 Å². The zero-order valence-electron chi connectivity index (χ0n) is 19.3. The molecule has 0 spiro atoms. The number of amides is 3. The molecule has 3 amide bonds. The van der Waals surface area contributed by atoms with Crippen LogP contribution in [0.3, 0.4) is 0 Å². The lowest BCUT2D eigenvalue weighted by Crippen LogP contribution is -2.48. The third-order valence-electron chi connectivity index (χ3n) is 6.41. The number of hydrogen-bond acceptors (Lipinski definition) is 4. The monoisotopic (exact) mass is 484 g/mol. The van der Waals surface area contributed by atoms with Crippen LogP contribution in [-0.2, 0) is 21.2 Å². The van der Waals surface area contributed by atoms with E-state index in [0.29, 0.717) is 39.0 Å². The Morgan fingerprint density at radius 2 is 1.50 bits per heavy atom. The average molecular weight is 485 g/mol. The molecule has 0 unspecified atom stereocenters. The van der Waals surface area contributed by atoms with Gasteiger partial charge in [0.25, 0.3) is 0 Å². The predicted octanol–water partition coefficient (Wildman–Crippen LogP) is 3.22. The number of anilines is 1. The summed E-state index contributed by atoms with van der Waals surface area (Å²) in [5.41, 5.74) is 1.53. The molecule has 0 aliphatic carbocycles. The van der Waals surface area contributed by atoms with Crippen LogP contribution in [0.1, 0.15) is 37.7 Å². The molecule has 0 bridgehead atoms. The van der Waals surface area contributed by atoms with Crippen LogP contribution in [0.5, 0.6) is 0 Å². The fourth-order valence-electron chi connectivity index (χ4n) is 4.45. The lowest BCUT2D eigenvalue weighted by molar-refractivity contribution is -0.121. The number of carbonyl (C=O) groups is 2. The molecular weight excluding hydrogens is 452 g/mol. The van der Waals surface area contributed by atoms with Crippen LogP contribution in [0.4, 0.5) is 10.5 Å². The van der Waals surface area contributed by atoms with Crippen molar-refractivity contribution in [3.63, 3.8) is 0 Å². The van der Waals surface area contributed by atoms with E-state index < -0.39 is 10.0 Å². The maximum Gasteiger partial charge on any atom is 0.321 e. The molecular formula is C25H32N4O4S. The summed E-state index contributed by atoms with van der Waals surface area (Å²) in [5, 5.41) is 5.94. The molecule has 2 heterocycles. The van der Waals surface area contributed by atoms with E-state index in [1.807, 2.05) is 30.3 Å². The smallest absolute Gasteiger partial charge is 0.321 e. The second kappa shape index (κ2) is 11.0. The van der Waals surface area contributed by atoms with Gasteiger partial charge in [-0.1, -0.05) is 36.8 Å². The van der Waals surface area contributed by atoms with Gasteiger partial charge in [0, 0.05) is 37.9 Å². The molecule has 182 valence electrons. The predicted molar refractivity (Wildman–Crippen MR) is 131 cm³/mol. The fraction of sp³-hybridized carbons (Fsp3) is 0.440. The molecule has 2 aromatic rings. The van der Waals surface area contributed by atoms with Gasteiger partial charge < -0.3 is 15.5 Å². The molecule has 8 nitrogen and oxygen atoms in total. The van der Waals surface area contributed by atoms with Crippen molar-refractivity contribution in [1.29, 1.82) is 0 Å². The van der Waals surface area contributed by atoms with Gasteiger partial charge in [0.1, 0.15) is 0 Å². The van der Waals surface area contributed by atoms with E-state index in [4.69, 9.17) is 0 Å². The standard InChI is InChI=1S/C25H32N4O4S/c30-24(19-20-9-11-23(12-10-20)34(32,33)29-15-5-2-6-16-29)26-22-13-17-28(18-14-22)25(31)27-21-7-3-1-4-8-21/h1,3-4,7-12,22H,2,5-6,13-19H2,(H,26,30)(H,27,31). The van der Waals surface area contributed by atoms with Gasteiger partial charge in [-0.3, -0.25) is 4.79 Å². The highest BCUT2D eigenvalue weighted by Crippen LogP contribution is 2.21. The second-order valence-corrected chi connectivity index (χ2v) is 10.8. The molecule has 2 saturated heterocycles. The Bertz CT molecular complexity index is 1080. The van der Waals surface area contributed by atoms with Crippen LogP contribution in [0, 0.1) is 0 Å². The Labute approximate surface area is 201 Å². The second-order valence-electron chi connectivity index (χ2n) is 8.91. The molecule has 2 fully saturated rings. The van der Waals surface area contributed by atoms with Gasteiger partial charge in [0.05, 0.1) is 11.3 Å². The van der Waals surface area contributed by atoms with Gasteiger partial charge >= 0.3 is 6.03 Å². The molecule has 0 saturated carbocycles. The minimum absolute atomic E-state index is 0.0204. The number of likely N-dealkylation sites (tertiary alicyclic amines) is 1. The quantitative estimate of drug-likeness (QED) is 0.658. The summed E-state index contributed by atoms with van der Waals surface area (Å²) in [7, 11) is -3.47. The zero-order chi connectivity index (χ0) is 24.0. The van der Waals surface area contributed by atoms with Crippen LogP contribution in [-0.4, -0.2) is 61.8 Å². The molecule has 2 aliphatic heterocycles. The molecule has 0 aromatic heterocycles. The Morgan fingerprint density at radius 1 is 0.853 bits per heavy atom. The van der Waals surface area contributed by atoms with Crippen LogP contribution < -0.4 is 10.6 Å². The molecule has 34 heavy (non-hydrogen) atoms. The molecule has 4 rings (SSSR count). The first-order chi connectivity index (χ1) is 16.4. The minimum atomic E-state index is -3.47. The maximum atomic E-state index is 12.8. The van der Waals surface area contributed by atoms with Gasteiger partial charge in [-0.25, -0.2) is 13.2 Å². The molecule has 0 radical (unpaired) electrons. The van der Waals surface area contributed by atoms with Gasteiger partial charge in [-0.15, -0.1) is 0 Å². The van der Waals surface area contributed by atoms with Crippen LogP contribution in [0.15, 0.2) is 59.5 Å². The van der Waals surface area contributed by atoms with Gasteiger partial charge in [0.15, 0.2) is 0 Å². The number of para-hydroxylation sites is 1. The van der Waals surface area contributed by atoms with Gasteiger partial charge in [-0.05, 0) is 55.5 Å². The summed E-state index contributed by atoms with van der Waals surface area (Å²) in [6.45, 7) is 2.29. The number of hydrogen-bond donors (Lipinski definition) is 2. The fourth-order valence-corrected chi connectivity index (χ4v) is 5.97. The van der Waals surface area contributed by atoms with E-state index in [-0.39, 0.29) is 29.3 Å². The van der Waals surface area contributed by atoms with Crippen molar-refractivity contribution < 1.29 is 18.0 Å². The first-order valence-electron chi connectivity index (χ1n) is 11.9. The maximum absolute atomic E-state index is 12.8. The Hall–Kier alpha value is -2.91. The molecule has 9 heteroatoms. The van der Waals surface area contributed by atoms with Crippen molar-refractivity contribution in [2.24, 2.45) is 0 Å². The molecule has 2 aromatic carbocycles. The SMILES string of the molecule is O=C(Cc1ccc(S(=O)(=O)N2CCCCC2)cc1)NC1CCN(C(=O)Nc2ccccc2)CC1. The lowest BCUT2D eigenvalue weighted by Gasteiger charge is -2.32. The summed E-state index contributed by atoms with van der Waals surface area (Å²) in [6, 6.07) is 15.9. The highest BCUT2D eigenvalue weighted by molar-refractivity contribution is 7.89. The average Bonchev–Trinajstić information content (AvgIpc) is 2.86. The number of urea groups is 1. The van der Waals surface area contributed by atoms with E-state index in [1.54, 1.807) is 33.5 Å². The van der Waals surface area contributed by atoms with Crippen molar-refractivity contribution in [2.45, 2.75) is 49.5 Å². The summed E-state index contributed by atoms with van der Waals surface area (Å²) >= 11 is 0. The van der Waals surface area contributed by atoms with E-state index in [2.05, 4.69) is 10.6 Å². The van der Waals surface area contributed by atoms with E-state index in [1.165, 1.54) is 0 Å². The Morgan fingerprint density at radius 3 is 2.15 bits per heavy atom. The number of nitrogens with zero attached hydrogens (tertiary/aromatic N) is 2. The van der Waals surface area contributed by atoms with Gasteiger partial charge in [0.2, 0.25) is 15.9 Å². The number of sulfonamides is 1. The van der Waals surface area contributed by atoms with E-state index >= 15 is 0 Å². The van der Waals surface area contributed by atoms with Crippen LogP contribution in [0.2, 0.25) is 0 Å². The van der Waals surface area contributed by atoms with E-state index in [9.17, 15) is 18.0 Å². The summed E-state index contributed by atoms with van der Waals surface area (Å²) < 4.78 is 27.1. The first kappa shape index (κ1) is 24.2. The molecule has 2 N–H and O–H groups in total. The normalized spacial score (nSPS) is 17.8. The van der Waals surface area contributed by atoms with Crippen molar-refractivity contribution in [1.82, 2.24) is 14.5 Å². The number of nitrogens with one attached hydrogen (secondary N) is 2. The van der Waals surface area contributed by atoms with Crippen molar-refractivity contribution in [2.75, 3.05) is 31.5 Å². The Balaban J connectivity index is 1.23. The topological polar surface area (TPSA) is 98.8 Å². The van der Waals surface area contributed by atoms with Crippen molar-refractivity contribution in [3.8, 4) is 0 Å². The highest BCUT2D eigenvalue weighted by Gasteiger charge is 2.26. The highest BCUT2D eigenvalue weighted by atomic mass is 32.2. The Kier molecular flexibility index (Phi) is 7.84. The summed E-state index contributed by atoms with van der Waals surface area (Å²) in [6.07, 6.45) is 4.45. The third kappa shape index (κ3) is 6.15. The van der Waals surface area contributed by atoms with Crippen LogP contribution in [0.25, 0.3) is 0 Å². The van der Waals surface area contributed by atoms with Crippen molar-refractivity contribution >= 4 is 27.6 Å².